The lowest BCUT2D eigenvalue weighted by atomic mass is 10.1. The van der Waals surface area contributed by atoms with Crippen LogP contribution in [0, 0.1) is 0 Å². The lowest BCUT2D eigenvalue weighted by Gasteiger charge is -2.03. The first-order valence-corrected chi connectivity index (χ1v) is 7.29. The van der Waals surface area contributed by atoms with Crippen molar-refractivity contribution in [3.8, 4) is 0 Å². The van der Waals surface area contributed by atoms with E-state index < -0.39 is 0 Å². The Morgan fingerprint density at radius 3 is 2.63 bits per heavy atom. The smallest absolute Gasteiger partial charge is 0.173 e. The summed E-state index contributed by atoms with van der Waals surface area (Å²) in [4.78, 5) is 20.0. The van der Waals surface area contributed by atoms with E-state index in [9.17, 15) is 4.79 Å². The second kappa shape index (κ2) is 7.04. The van der Waals surface area contributed by atoms with Gasteiger partial charge in [0.1, 0.15) is 6.33 Å². The Bertz CT molecular complexity index is 526. The Kier molecular flexibility index (Phi) is 5.10. The van der Waals surface area contributed by atoms with E-state index in [-0.39, 0.29) is 5.78 Å². The summed E-state index contributed by atoms with van der Waals surface area (Å²) < 4.78 is 0. The molecule has 0 saturated heterocycles. The molecule has 3 nitrogen and oxygen atoms in total. The maximum Gasteiger partial charge on any atom is 0.173 e. The molecule has 0 aliphatic heterocycles. The number of carbonyl (C=O) groups excluding carboxylic acids is 1. The molecule has 0 amide bonds. The van der Waals surface area contributed by atoms with Crippen LogP contribution in [0.3, 0.4) is 0 Å². The molecule has 0 fully saturated rings. The van der Waals surface area contributed by atoms with Crippen LogP contribution in [0.4, 0.5) is 0 Å². The standard InChI is InChI=1S/C15H16N2OS/c1-2-3-12-4-6-13(7-5-12)14(18)10-19-15-8-9-16-11-17-15/h4-9,11H,2-3,10H2,1H3. The Labute approximate surface area is 117 Å². The molecular weight excluding hydrogens is 256 g/mol. The highest BCUT2D eigenvalue weighted by Crippen LogP contribution is 2.16. The number of thioether (sulfide) groups is 1. The van der Waals surface area contributed by atoms with Crippen molar-refractivity contribution in [2.24, 2.45) is 0 Å². The number of aryl methyl sites for hydroxylation is 1. The summed E-state index contributed by atoms with van der Waals surface area (Å²) in [6.07, 6.45) is 5.35. The van der Waals surface area contributed by atoms with Crippen molar-refractivity contribution in [3.05, 3.63) is 54.0 Å². The number of aromatic nitrogens is 2. The minimum atomic E-state index is 0.131. The normalized spacial score (nSPS) is 10.4. The maximum absolute atomic E-state index is 12.0. The van der Waals surface area contributed by atoms with Crippen molar-refractivity contribution < 1.29 is 4.79 Å². The van der Waals surface area contributed by atoms with Gasteiger partial charge >= 0.3 is 0 Å². The van der Waals surface area contributed by atoms with Gasteiger partial charge in [-0.05, 0) is 18.1 Å². The van der Waals surface area contributed by atoms with Gasteiger partial charge in [0.2, 0.25) is 0 Å². The molecule has 1 heterocycles. The average molecular weight is 272 g/mol. The first kappa shape index (κ1) is 13.7. The first-order chi connectivity index (χ1) is 9.29. The number of nitrogens with zero attached hydrogens (tertiary/aromatic N) is 2. The molecule has 4 heteroatoms. The lowest BCUT2D eigenvalue weighted by Crippen LogP contribution is -2.02. The molecule has 2 rings (SSSR count). The van der Waals surface area contributed by atoms with Crippen molar-refractivity contribution in [1.82, 2.24) is 9.97 Å². The third-order valence-electron chi connectivity index (χ3n) is 2.72. The molecule has 0 saturated carbocycles. The quantitative estimate of drug-likeness (QED) is 0.459. The van der Waals surface area contributed by atoms with Gasteiger partial charge in [-0.15, -0.1) is 0 Å². The van der Waals surface area contributed by atoms with Gasteiger partial charge in [0, 0.05) is 11.8 Å². The predicted molar refractivity (Wildman–Crippen MR) is 77.5 cm³/mol. The summed E-state index contributed by atoms with van der Waals surface area (Å²) in [7, 11) is 0. The van der Waals surface area contributed by atoms with Crippen LogP contribution in [0.1, 0.15) is 29.3 Å². The predicted octanol–water partition coefficient (Wildman–Crippen LogP) is 3.40. The highest BCUT2D eigenvalue weighted by molar-refractivity contribution is 7.99. The Balaban J connectivity index is 1.92. The van der Waals surface area contributed by atoms with Gasteiger partial charge in [-0.1, -0.05) is 49.4 Å². The SMILES string of the molecule is CCCc1ccc(C(=O)CSc2ccncn2)cc1. The molecule has 0 unspecified atom stereocenters. The highest BCUT2D eigenvalue weighted by atomic mass is 32.2. The topological polar surface area (TPSA) is 42.9 Å². The molecule has 1 aromatic heterocycles. The second-order valence-corrected chi connectivity index (χ2v) is 5.20. The van der Waals surface area contributed by atoms with E-state index in [4.69, 9.17) is 0 Å². The van der Waals surface area contributed by atoms with Crippen LogP contribution in [0.2, 0.25) is 0 Å². The van der Waals surface area contributed by atoms with Crippen LogP contribution in [0.5, 0.6) is 0 Å². The number of hydrogen-bond acceptors (Lipinski definition) is 4. The van der Waals surface area contributed by atoms with Crippen LogP contribution in [-0.4, -0.2) is 21.5 Å². The van der Waals surface area contributed by atoms with E-state index in [0.717, 1.165) is 23.4 Å². The summed E-state index contributed by atoms with van der Waals surface area (Å²) in [6, 6.07) is 9.70. The molecule has 0 aliphatic rings. The number of ketones is 1. The zero-order chi connectivity index (χ0) is 13.5. The Morgan fingerprint density at radius 1 is 1.21 bits per heavy atom. The third-order valence-corrected chi connectivity index (χ3v) is 3.66. The molecule has 0 N–H and O–H groups in total. The minimum absolute atomic E-state index is 0.131. The van der Waals surface area contributed by atoms with E-state index >= 15 is 0 Å². The zero-order valence-electron chi connectivity index (χ0n) is 10.9. The van der Waals surface area contributed by atoms with Crippen molar-refractivity contribution in [3.63, 3.8) is 0 Å². The number of hydrogen-bond donors (Lipinski definition) is 0. The monoisotopic (exact) mass is 272 g/mol. The minimum Gasteiger partial charge on any atom is -0.293 e. The first-order valence-electron chi connectivity index (χ1n) is 6.30. The largest absolute Gasteiger partial charge is 0.293 e. The molecule has 19 heavy (non-hydrogen) atoms. The van der Waals surface area contributed by atoms with Gasteiger partial charge in [0.25, 0.3) is 0 Å². The van der Waals surface area contributed by atoms with Crippen molar-refractivity contribution in [2.75, 3.05) is 5.75 Å². The number of Topliss-reactive ketones (excluding diaryl/α,β-unsaturated/α-hetero) is 1. The second-order valence-electron chi connectivity index (χ2n) is 4.21. The van der Waals surface area contributed by atoms with Crippen LogP contribution < -0.4 is 0 Å². The van der Waals surface area contributed by atoms with Crippen LogP contribution in [0.15, 0.2) is 47.9 Å². The van der Waals surface area contributed by atoms with Gasteiger partial charge in [-0.3, -0.25) is 4.79 Å². The molecule has 98 valence electrons. The summed E-state index contributed by atoms with van der Waals surface area (Å²) in [5.74, 6) is 0.538. The molecule has 1 aromatic carbocycles. The van der Waals surface area contributed by atoms with Crippen LogP contribution >= 0.6 is 11.8 Å². The van der Waals surface area contributed by atoms with Crippen molar-refractivity contribution >= 4 is 17.5 Å². The van der Waals surface area contributed by atoms with E-state index in [1.54, 1.807) is 6.20 Å². The maximum atomic E-state index is 12.0. The van der Waals surface area contributed by atoms with E-state index in [1.807, 2.05) is 30.3 Å². The summed E-state index contributed by atoms with van der Waals surface area (Å²) in [5, 5.41) is 0.825. The summed E-state index contributed by atoms with van der Waals surface area (Å²) >= 11 is 1.44. The molecule has 0 aliphatic carbocycles. The third kappa shape index (κ3) is 4.17. The van der Waals surface area contributed by atoms with E-state index in [0.29, 0.717) is 5.75 Å². The Hall–Kier alpha value is -1.68. The molecule has 0 spiro atoms. The fraction of sp³-hybridized carbons (Fsp3) is 0.267. The van der Waals surface area contributed by atoms with Gasteiger partial charge in [0.15, 0.2) is 5.78 Å². The van der Waals surface area contributed by atoms with Gasteiger partial charge in [-0.25, -0.2) is 9.97 Å². The van der Waals surface area contributed by atoms with Crippen LogP contribution in [-0.2, 0) is 6.42 Å². The average Bonchev–Trinajstić information content (AvgIpc) is 2.47. The molecule has 0 bridgehead atoms. The number of benzene rings is 1. The van der Waals surface area contributed by atoms with E-state index in [2.05, 4.69) is 16.9 Å². The fourth-order valence-corrected chi connectivity index (χ4v) is 2.46. The zero-order valence-corrected chi connectivity index (χ0v) is 11.7. The lowest BCUT2D eigenvalue weighted by molar-refractivity contribution is 0.102. The Morgan fingerprint density at radius 2 is 2.00 bits per heavy atom. The number of carbonyl (C=O) groups is 1. The highest BCUT2D eigenvalue weighted by Gasteiger charge is 2.07. The van der Waals surface area contributed by atoms with Gasteiger partial charge < -0.3 is 0 Å². The molecule has 0 atom stereocenters. The molecule has 0 radical (unpaired) electrons. The molecule has 2 aromatic rings. The number of rotatable bonds is 6. The van der Waals surface area contributed by atoms with Crippen molar-refractivity contribution in [1.29, 1.82) is 0 Å². The van der Waals surface area contributed by atoms with E-state index in [1.165, 1.54) is 23.7 Å². The summed E-state index contributed by atoms with van der Waals surface area (Å²) in [5.41, 5.74) is 2.05. The van der Waals surface area contributed by atoms with Gasteiger partial charge in [-0.2, -0.15) is 0 Å². The fourth-order valence-electron chi connectivity index (χ4n) is 1.73. The summed E-state index contributed by atoms with van der Waals surface area (Å²) in [6.45, 7) is 2.15. The van der Waals surface area contributed by atoms with Gasteiger partial charge in [0.05, 0.1) is 10.8 Å². The molecular formula is C15H16N2OS. The van der Waals surface area contributed by atoms with Crippen molar-refractivity contribution in [2.45, 2.75) is 24.8 Å². The van der Waals surface area contributed by atoms with Crippen LogP contribution in [0.25, 0.3) is 0 Å².